The van der Waals surface area contributed by atoms with Gasteiger partial charge in [-0.2, -0.15) is 0 Å². The molecule has 0 aliphatic carbocycles. The second-order valence-electron chi connectivity index (χ2n) is 17.4. The van der Waals surface area contributed by atoms with Gasteiger partial charge in [0.15, 0.2) is 6.10 Å². The summed E-state index contributed by atoms with van der Waals surface area (Å²) < 4.78 is 16.8. The molecule has 0 amide bonds. The number of ether oxygens (including phenoxy) is 3. The molecule has 0 saturated heterocycles. The fraction of sp³-hybridized carbons (Fsp3) is 0.678. The van der Waals surface area contributed by atoms with Crippen molar-refractivity contribution < 1.29 is 28.6 Å². The molecule has 65 heavy (non-hydrogen) atoms. The normalized spacial score (nSPS) is 12.8. The van der Waals surface area contributed by atoms with Crippen molar-refractivity contribution in [3.63, 3.8) is 0 Å². The Kier molecular flexibility index (Phi) is 50.0. The first-order valence-corrected chi connectivity index (χ1v) is 26.7. The second kappa shape index (κ2) is 52.9. The molecule has 0 aromatic heterocycles. The minimum atomic E-state index is -0.799. The van der Waals surface area contributed by atoms with Crippen molar-refractivity contribution in [1.82, 2.24) is 0 Å². The van der Waals surface area contributed by atoms with E-state index in [1.807, 2.05) is 0 Å². The molecular weight excluding hydrogens is 805 g/mol. The maximum Gasteiger partial charge on any atom is 0.306 e. The van der Waals surface area contributed by atoms with Crippen LogP contribution in [0.3, 0.4) is 0 Å². The van der Waals surface area contributed by atoms with Gasteiger partial charge >= 0.3 is 17.9 Å². The Morgan fingerprint density at radius 1 is 0.323 bits per heavy atom. The highest BCUT2D eigenvalue weighted by atomic mass is 16.6. The third kappa shape index (κ3) is 51.2. The Bertz CT molecular complexity index is 1310. The van der Waals surface area contributed by atoms with Crippen LogP contribution in [0.4, 0.5) is 0 Å². The van der Waals surface area contributed by atoms with Gasteiger partial charge in [0.1, 0.15) is 13.2 Å². The maximum atomic E-state index is 12.8. The highest BCUT2D eigenvalue weighted by Crippen LogP contribution is 2.13. The van der Waals surface area contributed by atoms with Crippen LogP contribution >= 0.6 is 0 Å². The van der Waals surface area contributed by atoms with Gasteiger partial charge in [0.25, 0.3) is 0 Å². The molecule has 0 aromatic carbocycles. The zero-order valence-electron chi connectivity index (χ0n) is 42.2. The molecule has 370 valence electrons. The van der Waals surface area contributed by atoms with E-state index in [1.54, 1.807) is 0 Å². The van der Waals surface area contributed by atoms with E-state index in [0.29, 0.717) is 19.3 Å². The van der Waals surface area contributed by atoms with Gasteiger partial charge in [-0.05, 0) is 116 Å². The average Bonchev–Trinajstić information content (AvgIpc) is 3.30. The van der Waals surface area contributed by atoms with E-state index in [1.165, 1.54) is 70.6 Å². The molecule has 0 spiro atoms. The minimum absolute atomic E-state index is 0.0970. The topological polar surface area (TPSA) is 78.9 Å². The van der Waals surface area contributed by atoms with Crippen molar-refractivity contribution in [3.05, 3.63) is 97.2 Å². The lowest BCUT2D eigenvalue weighted by Crippen LogP contribution is -2.30. The Morgan fingerprint density at radius 2 is 0.631 bits per heavy atom. The van der Waals surface area contributed by atoms with Crippen molar-refractivity contribution >= 4 is 17.9 Å². The molecule has 6 heteroatoms. The fourth-order valence-electron chi connectivity index (χ4n) is 7.03. The predicted octanol–water partition coefficient (Wildman–Crippen LogP) is 17.8. The molecule has 0 bridgehead atoms. The molecule has 0 rings (SSSR count). The lowest BCUT2D eigenvalue weighted by Gasteiger charge is -2.18. The van der Waals surface area contributed by atoms with Gasteiger partial charge in [0.05, 0.1) is 0 Å². The number of unbranched alkanes of at least 4 members (excludes halogenated alkanes) is 20. The predicted molar refractivity (Wildman–Crippen MR) is 279 cm³/mol. The van der Waals surface area contributed by atoms with Crippen LogP contribution < -0.4 is 0 Å². The summed E-state index contributed by atoms with van der Waals surface area (Å²) in [6, 6.07) is 0. The van der Waals surface area contributed by atoms with Crippen LogP contribution in [0.1, 0.15) is 239 Å². The van der Waals surface area contributed by atoms with E-state index >= 15 is 0 Å². The number of allylic oxidation sites excluding steroid dienone is 16. The molecular formula is C59H98O6. The van der Waals surface area contributed by atoms with Gasteiger partial charge < -0.3 is 14.2 Å². The highest BCUT2D eigenvalue weighted by Gasteiger charge is 2.19. The summed E-state index contributed by atoms with van der Waals surface area (Å²) in [6.07, 6.45) is 69.6. The van der Waals surface area contributed by atoms with Gasteiger partial charge in [-0.25, -0.2) is 0 Å². The van der Waals surface area contributed by atoms with Crippen molar-refractivity contribution in [2.45, 2.75) is 245 Å². The molecule has 0 aromatic rings. The summed E-state index contributed by atoms with van der Waals surface area (Å²) in [5.41, 5.74) is 0. The van der Waals surface area contributed by atoms with E-state index in [2.05, 4.69) is 118 Å². The number of hydrogen-bond acceptors (Lipinski definition) is 6. The zero-order valence-corrected chi connectivity index (χ0v) is 42.2. The van der Waals surface area contributed by atoms with Gasteiger partial charge in [-0.15, -0.1) is 0 Å². The summed E-state index contributed by atoms with van der Waals surface area (Å²) in [6.45, 7) is 6.40. The van der Waals surface area contributed by atoms with Gasteiger partial charge in [-0.3, -0.25) is 14.4 Å². The first-order valence-electron chi connectivity index (χ1n) is 26.7. The molecule has 1 unspecified atom stereocenters. The SMILES string of the molecule is CC/C=C\C/C=C\C/C=C\C/C=C\C/C=C\CCCCCC(=O)OCC(COC(=O)CCCCCCC/C=C\CCC)OC(=O)CCCCCCCCC/C=C\C/C=C\CCCCCC. The maximum absolute atomic E-state index is 12.8. The Balaban J connectivity index is 4.43. The molecule has 0 radical (unpaired) electrons. The molecule has 6 nitrogen and oxygen atoms in total. The fourth-order valence-corrected chi connectivity index (χ4v) is 7.03. The molecule has 1 atom stereocenters. The molecule has 0 aliphatic heterocycles. The third-order valence-corrected chi connectivity index (χ3v) is 11.0. The molecule has 0 heterocycles. The van der Waals surface area contributed by atoms with E-state index in [0.717, 1.165) is 128 Å². The number of esters is 3. The highest BCUT2D eigenvalue weighted by molar-refractivity contribution is 5.71. The van der Waals surface area contributed by atoms with E-state index in [-0.39, 0.29) is 31.1 Å². The summed E-state index contributed by atoms with van der Waals surface area (Å²) >= 11 is 0. The summed E-state index contributed by atoms with van der Waals surface area (Å²) in [5, 5.41) is 0. The van der Waals surface area contributed by atoms with Gasteiger partial charge in [0, 0.05) is 19.3 Å². The summed E-state index contributed by atoms with van der Waals surface area (Å²) in [7, 11) is 0. The lowest BCUT2D eigenvalue weighted by atomic mass is 10.1. The van der Waals surface area contributed by atoms with Crippen molar-refractivity contribution in [3.8, 4) is 0 Å². The van der Waals surface area contributed by atoms with Crippen LogP contribution in [0, 0.1) is 0 Å². The first kappa shape index (κ1) is 61.3. The minimum Gasteiger partial charge on any atom is -0.462 e. The van der Waals surface area contributed by atoms with Crippen LogP contribution in [0.15, 0.2) is 97.2 Å². The number of rotatable bonds is 47. The molecule has 0 saturated carbocycles. The van der Waals surface area contributed by atoms with Crippen LogP contribution in [0.5, 0.6) is 0 Å². The van der Waals surface area contributed by atoms with Crippen molar-refractivity contribution in [1.29, 1.82) is 0 Å². The Labute approximate surface area is 400 Å². The summed E-state index contributed by atoms with van der Waals surface area (Å²) in [5.74, 6) is -0.950. The smallest absolute Gasteiger partial charge is 0.306 e. The lowest BCUT2D eigenvalue weighted by molar-refractivity contribution is -0.167. The molecule has 0 N–H and O–H groups in total. The zero-order chi connectivity index (χ0) is 47.2. The van der Waals surface area contributed by atoms with Gasteiger partial charge in [0.2, 0.25) is 0 Å². The first-order chi connectivity index (χ1) is 32.0. The van der Waals surface area contributed by atoms with Crippen molar-refractivity contribution in [2.75, 3.05) is 13.2 Å². The summed E-state index contributed by atoms with van der Waals surface area (Å²) in [4.78, 5) is 38.0. The Morgan fingerprint density at radius 3 is 1.03 bits per heavy atom. The number of carbonyl (C=O) groups excluding carboxylic acids is 3. The van der Waals surface area contributed by atoms with Crippen LogP contribution in [-0.2, 0) is 28.6 Å². The number of carbonyl (C=O) groups is 3. The largest absolute Gasteiger partial charge is 0.462 e. The molecule has 0 fully saturated rings. The second-order valence-corrected chi connectivity index (χ2v) is 17.4. The van der Waals surface area contributed by atoms with Crippen LogP contribution in [0.25, 0.3) is 0 Å². The quantitative estimate of drug-likeness (QED) is 0.0262. The third-order valence-electron chi connectivity index (χ3n) is 11.0. The van der Waals surface area contributed by atoms with Crippen LogP contribution in [0.2, 0.25) is 0 Å². The number of hydrogen-bond donors (Lipinski definition) is 0. The van der Waals surface area contributed by atoms with Crippen molar-refractivity contribution in [2.24, 2.45) is 0 Å². The van der Waals surface area contributed by atoms with E-state index < -0.39 is 6.10 Å². The average molecular weight is 903 g/mol. The van der Waals surface area contributed by atoms with E-state index in [4.69, 9.17) is 14.2 Å². The molecule has 0 aliphatic rings. The monoisotopic (exact) mass is 903 g/mol. The van der Waals surface area contributed by atoms with Gasteiger partial charge in [-0.1, -0.05) is 201 Å². The van der Waals surface area contributed by atoms with E-state index in [9.17, 15) is 14.4 Å². The Hall–Kier alpha value is -3.67. The van der Waals surface area contributed by atoms with Crippen LogP contribution in [-0.4, -0.2) is 37.2 Å². The standard InChI is InChI=1S/C59H98O6/c1-4-7-10-13-16-19-22-24-26-28-30-32-33-35-37-40-43-46-49-52-58(61)64-55-56(54-63-57(60)51-48-45-42-39-21-18-15-12-9-6-3)65-59(62)53-50-47-44-41-38-36-34-31-29-27-25-23-20-17-14-11-8-5-2/h7,10,12,15-16,19-20,23-24,26-27,29-30,32,35,37,56H,4-6,8-9,11,13-14,17-18,21-22,25,28,31,33-34,36,38-55H2,1-3H3/b10-7-,15-12-,19-16-,23-20-,26-24-,29-27-,32-30-,37-35-.